The molecule has 0 aliphatic carbocycles. The van der Waals surface area contributed by atoms with Gasteiger partial charge in [-0.15, -0.1) is 0 Å². The van der Waals surface area contributed by atoms with Crippen LogP contribution in [0.5, 0.6) is 5.88 Å². The number of amides is 1. The fourth-order valence-corrected chi connectivity index (χ4v) is 3.25. The van der Waals surface area contributed by atoms with Crippen LogP contribution in [0.4, 0.5) is 5.69 Å². The smallest absolute Gasteiger partial charge is 0.261 e. The Balaban J connectivity index is 1.77. The zero-order chi connectivity index (χ0) is 22.9. The number of carbonyl (C=O) groups excluding carboxylic acids is 1. The normalized spacial score (nSPS) is 13.6. The van der Waals surface area contributed by atoms with Crippen molar-refractivity contribution in [2.75, 3.05) is 17.6 Å². The number of ether oxygens (including phenoxy) is 1. The van der Waals surface area contributed by atoms with Crippen LogP contribution in [0.1, 0.15) is 25.5 Å². The molecular formula is C25H30N4O2S. The third-order valence-electron chi connectivity index (χ3n) is 5.04. The van der Waals surface area contributed by atoms with E-state index in [1.165, 1.54) is 0 Å². The number of thiol groups is 1. The first-order valence-electron chi connectivity index (χ1n) is 10.7. The Labute approximate surface area is 195 Å². The third kappa shape index (κ3) is 6.48. The Morgan fingerprint density at radius 2 is 1.69 bits per heavy atom. The zero-order valence-electron chi connectivity index (χ0n) is 18.4. The van der Waals surface area contributed by atoms with Crippen LogP contribution in [0, 0.1) is 0 Å². The maximum atomic E-state index is 12.8. The van der Waals surface area contributed by atoms with E-state index >= 15 is 0 Å². The summed E-state index contributed by atoms with van der Waals surface area (Å²) in [6.07, 6.45) is -0.737. The molecule has 168 valence electrons. The van der Waals surface area contributed by atoms with Gasteiger partial charge in [0.05, 0.1) is 17.4 Å². The van der Waals surface area contributed by atoms with Crippen LogP contribution in [0.2, 0.25) is 0 Å². The van der Waals surface area contributed by atoms with E-state index in [4.69, 9.17) is 10.5 Å². The van der Waals surface area contributed by atoms with Crippen molar-refractivity contribution in [2.45, 2.75) is 32.0 Å². The zero-order valence-corrected chi connectivity index (χ0v) is 19.3. The predicted molar refractivity (Wildman–Crippen MR) is 133 cm³/mol. The molecule has 0 saturated carbocycles. The number of nitrogens with one attached hydrogen (secondary N) is 2. The van der Waals surface area contributed by atoms with Crippen LogP contribution < -0.4 is 21.1 Å². The Hall–Kier alpha value is -3.03. The molecule has 3 rings (SSSR count). The van der Waals surface area contributed by atoms with E-state index in [0.717, 1.165) is 16.8 Å². The summed E-state index contributed by atoms with van der Waals surface area (Å²) in [5.41, 5.74) is 9.42. The summed E-state index contributed by atoms with van der Waals surface area (Å²) in [6.45, 7) is 4.17. The van der Waals surface area contributed by atoms with Gasteiger partial charge in [-0.25, -0.2) is 4.98 Å². The van der Waals surface area contributed by atoms with E-state index in [1.54, 1.807) is 6.92 Å². The quantitative estimate of drug-likeness (QED) is 0.350. The van der Waals surface area contributed by atoms with E-state index in [9.17, 15) is 4.79 Å². The van der Waals surface area contributed by atoms with E-state index in [1.807, 2.05) is 79.7 Å². The summed E-state index contributed by atoms with van der Waals surface area (Å²) in [4.78, 5) is 17.5. The lowest BCUT2D eigenvalue weighted by Gasteiger charge is -2.21. The van der Waals surface area contributed by atoms with Gasteiger partial charge in [-0.2, -0.15) is 12.6 Å². The number of aromatic nitrogens is 1. The van der Waals surface area contributed by atoms with Crippen molar-refractivity contribution in [3.63, 3.8) is 0 Å². The molecule has 0 aliphatic rings. The average molecular weight is 451 g/mol. The lowest BCUT2D eigenvalue weighted by Crippen LogP contribution is -2.38. The summed E-state index contributed by atoms with van der Waals surface area (Å²) >= 11 is 4.23. The van der Waals surface area contributed by atoms with Crippen molar-refractivity contribution in [2.24, 2.45) is 5.73 Å². The monoisotopic (exact) mass is 450 g/mol. The van der Waals surface area contributed by atoms with Crippen molar-refractivity contribution in [3.8, 4) is 17.1 Å². The Kier molecular flexibility index (Phi) is 8.53. The minimum atomic E-state index is -0.737. The molecule has 3 aromatic rings. The Morgan fingerprint density at radius 1 is 1.03 bits per heavy atom. The van der Waals surface area contributed by atoms with Gasteiger partial charge in [0.2, 0.25) is 5.88 Å². The average Bonchev–Trinajstić information content (AvgIpc) is 2.83. The van der Waals surface area contributed by atoms with Crippen LogP contribution in [-0.2, 0) is 4.79 Å². The van der Waals surface area contributed by atoms with Crippen molar-refractivity contribution < 1.29 is 9.53 Å². The highest BCUT2D eigenvalue weighted by atomic mass is 32.1. The fourth-order valence-electron chi connectivity index (χ4n) is 3.12. The number of rotatable bonds is 10. The minimum Gasteiger partial charge on any atom is -0.463 e. The first-order valence-corrected chi connectivity index (χ1v) is 11.3. The molecule has 1 aromatic heterocycles. The molecule has 0 radical (unpaired) electrons. The number of anilines is 1. The number of hydrogen-bond acceptors (Lipinski definition) is 6. The van der Waals surface area contributed by atoms with Gasteiger partial charge < -0.3 is 21.1 Å². The van der Waals surface area contributed by atoms with Gasteiger partial charge in [0, 0.05) is 23.9 Å². The second-order valence-corrected chi connectivity index (χ2v) is 8.00. The maximum Gasteiger partial charge on any atom is 0.261 e. The first-order chi connectivity index (χ1) is 15.5. The number of nitrogens with zero attached hydrogens (tertiary/aromatic N) is 1. The number of pyridine rings is 1. The Morgan fingerprint density at radius 3 is 2.34 bits per heavy atom. The molecule has 0 saturated heterocycles. The summed E-state index contributed by atoms with van der Waals surface area (Å²) in [6, 6.07) is 23.2. The summed E-state index contributed by atoms with van der Waals surface area (Å²) < 4.78 is 6.03. The topological polar surface area (TPSA) is 89.3 Å². The van der Waals surface area contributed by atoms with E-state index in [-0.39, 0.29) is 18.0 Å². The van der Waals surface area contributed by atoms with E-state index in [2.05, 4.69) is 28.2 Å². The van der Waals surface area contributed by atoms with Gasteiger partial charge in [0.1, 0.15) is 0 Å². The van der Waals surface area contributed by atoms with Crippen LogP contribution in [0.25, 0.3) is 11.3 Å². The summed E-state index contributed by atoms with van der Waals surface area (Å²) in [5, 5.41) is 6.26. The number of hydrogen-bond donors (Lipinski definition) is 4. The van der Waals surface area contributed by atoms with Crippen LogP contribution >= 0.6 is 12.6 Å². The van der Waals surface area contributed by atoms with Crippen LogP contribution in [-0.4, -0.2) is 35.3 Å². The van der Waals surface area contributed by atoms with Crippen LogP contribution in [0.15, 0.2) is 72.8 Å². The second-order valence-electron chi connectivity index (χ2n) is 7.64. The van der Waals surface area contributed by atoms with E-state index in [0.29, 0.717) is 23.9 Å². The molecule has 1 heterocycles. The number of nitrogens with two attached hydrogens (primary N) is 1. The van der Waals surface area contributed by atoms with Crippen LogP contribution in [0.3, 0.4) is 0 Å². The van der Waals surface area contributed by atoms with Gasteiger partial charge in [-0.05, 0) is 31.5 Å². The lowest BCUT2D eigenvalue weighted by atomic mass is 10.1. The van der Waals surface area contributed by atoms with Gasteiger partial charge in [0.15, 0.2) is 6.10 Å². The van der Waals surface area contributed by atoms with Crippen molar-refractivity contribution in [1.82, 2.24) is 10.3 Å². The molecule has 1 unspecified atom stereocenters. The molecule has 0 spiro atoms. The number of carbonyl (C=O) groups is 1. The second kappa shape index (κ2) is 11.5. The predicted octanol–water partition coefficient (Wildman–Crippen LogP) is 4.06. The Bertz CT molecular complexity index is 1000. The lowest BCUT2D eigenvalue weighted by molar-refractivity contribution is -0.128. The fraction of sp³-hybridized carbons (Fsp3) is 0.280. The first kappa shape index (κ1) is 23.6. The van der Waals surface area contributed by atoms with Crippen molar-refractivity contribution >= 4 is 24.2 Å². The molecule has 1 amide bonds. The maximum absolute atomic E-state index is 12.8. The molecule has 3 atom stereocenters. The molecule has 2 aromatic carbocycles. The molecule has 6 nitrogen and oxygen atoms in total. The number of benzene rings is 2. The highest BCUT2D eigenvalue weighted by molar-refractivity contribution is 7.80. The van der Waals surface area contributed by atoms with Gasteiger partial charge in [-0.3, -0.25) is 4.79 Å². The van der Waals surface area contributed by atoms with Gasteiger partial charge in [0.25, 0.3) is 5.91 Å². The van der Waals surface area contributed by atoms with Crippen molar-refractivity contribution in [1.29, 1.82) is 0 Å². The summed E-state index contributed by atoms with van der Waals surface area (Å²) in [7, 11) is 0. The summed E-state index contributed by atoms with van der Waals surface area (Å²) in [5.74, 6) is 0.688. The molecule has 0 bridgehead atoms. The highest BCUT2D eigenvalue weighted by Gasteiger charge is 2.20. The van der Waals surface area contributed by atoms with E-state index < -0.39 is 6.10 Å². The molecule has 7 heteroatoms. The SMILES string of the molecule is C[C@H](NC(=O)[C@@H](C)Oc1nc(-c2ccccc2)ccc1NCC(N)CS)c1ccccc1. The molecular weight excluding hydrogens is 420 g/mol. The van der Waals surface area contributed by atoms with Gasteiger partial charge in [-0.1, -0.05) is 60.7 Å². The minimum absolute atomic E-state index is 0.118. The highest BCUT2D eigenvalue weighted by Crippen LogP contribution is 2.28. The third-order valence-corrected chi connectivity index (χ3v) is 5.50. The molecule has 4 N–H and O–H groups in total. The molecule has 32 heavy (non-hydrogen) atoms. The van der Waals surface area contributed by atoms with Crippen molar-refractivity contribution in [3.05, 3.63) is 78.4 Å². The standard InChI is InChI=1S/C25H30N4O2S/c1-17(19-9-5-3-6-10-19)28-24(30)18(2)31-25-23(27-15-21(26)16-32)14-13-22(29-25)20-11-7-4-8-12-20/h3-14,17-18,21,27,32H,15-16,26H2,1-2H3,(H,28,30)/t17-,18+,21?/m0/s1. The molecule has 0 aliphatic heterocycles. The molecule has 0 fully saturated rings. The largest absolute Gasteiger partial charge is 0.463 e. The van der Waals surface area contributed by atoms with Gasteiger partial charge >= 0.3 is 0 Å².